The summed E-state index contributed by atoms with van der Waals surface area (Å²) in [6.07, 6.45) is 15.4. The lowest BCUT2D eigenvalue weighted by atomic mass is 9.45. The molecule has 0 aromatic heterocycles. The molecule has 2 unspecified atom stereocenters. The third-order valence-corrected chi connectivity index (χ3v) is 7.95. The topological polar surface area (TPSA) is 20.2 Å². The van der Waals surface area contributed by atoms with E-state index in [1.807, 2.05) is 0 Å². The van der Waals surface area contributed by atoms with E-state index in [0.29, 0.717) is 16.7 Å². The van der Waals surface area contributed by atoms with Crippen LogP contribution in [0.4, 0.5) is 0 Å². The number of allylic oxidation sites excluding steroid dienone is 2. The van der Waals surface area contributed by atoms with Crippen LogP contribution in [0.1, 0.15) is 65.2 Å². The lowest BCUT2D eigenvalue weighted by molar-refractivity contribution is -0.135. The van der Waals surface area contributed by atoms with Crippen molar-refractivity contribution in [3.8, 4) is 0 Å². The zero-order valence-electron chi connectivity index (χ0n) is 13.1. The molecule has 1 nitrogen and oxygen atoms in total. The number of hydrogen-bond donors (Lipinski definition) is 1. The quantitative estimate of drug-likeness (QED) is 0.642. The van der Waals surface area contributed by atoms with E-state index in [9.17, 15) is 5.11 Å². The maximum Gasteiger partial charge on any atom is 0.0573 e. The smallest absolute Gasteiger partial charge is 0.0573 e. The summed E-state index contributed by atoms with van der Waals surface area (Å²) in [6, 6.07) is 0. The van der Waals surface area contributed by atoms with Crippen molar-refractivity contribution >= 4 is 0 Å². The van der Waals surface area contributed by atoms with Crippen molar-refractivity contribution in [2.45, 2.75) is 71.3 Å². The van der Waals surface area contributed by atoms with Gasteiger partial charge in [0, 0.05) is 0 Å². The van der Waals surface area contributed by atoms with Gasteiger partial charge in [-0.25, -0.2) is 0 Å². The summed E-state index contributed by atoms with van der Waals surface area (Å²) in [5.74, 6) is 3.30. The second-order valence-corrected chi connectivity index (χ2v) is 8.71. The van der Waals surface area contributed by atoms with Crippen LogP contribution in [0, 0.1) is 34.5 Å². The van der Waals surface area contributed by atoms with Gasteiger partial charge in [-0.3, -0.25) is 0 Å². The van der Waals surface area contributed by atoms with Crippen LogP contribution in [0.25, 0.3) is 0 Å². The summed E-state index contributed by atoms with van der Waals surface area (Å²) in [4.78, 5) is 0. The van der Waals surface area contributed by atoms with Gasteiger partial charge in [0.25, 0.3) is 0 Å². The van der Waals surface area contributed by atoms with Crippen LogP contribution in [-0.4, -0.2) is 11.2 Å². The minimum Gasteiger partial charge on any atom is -0.393 e. The van der Waals surface area contributed by atoms with E-state index in [1.165, 1.54) is 44.9 Å². The fourth-order valence-corrected chi connectivity index (χ4v) is 6.86. The Hall–Kier alpha value is -0.300. The van der Waals surface area contributed by atoms with E-state index in [1.54, 1.807) is 0 Å². The van der Waals surface area contributed by atoms with E-state index >= 15 is 0 Å². The highest BCUT2D eigenvalue weighted by molar-refractivity contribution is 5.16. The molecule has 7 atom stereocenters. The Morgan fingerprint density at radius 1 is 0.950 bits per heavy atom. The minimum absolute atomic E-state index is 0.00952. The normalized spacial score (nSPS) is 57.9. The predicted molar refractivity (Wildman–Crippen MR) is 82.3 cm³/mol. The highest BCUT2D eigenvalue weighted by Gasteiger charge is 2.57. The highest BCUT2D eigenvalue weighted by Crippen LogP contribution is 2.64. The Morgan fingerprint density at radius 2 is 1.80 bits per heavy atom. The third kappa shape index (κ3) is 1.65. The first-order valence-electron chi connectivity index (χ1n) is 8.90. The standard InChI is InChI=1S/C19H30O/c1-18-10-3-5-14(18)13-7-8-16-17(20)6-4-11-19(16,2)15(13)9-12-18/h3,10,13-17,20H,4-9,11-12H2,1-2H3/t13-,14-,15-,16?,17?,18-,19+/m0/s1. The van der Waals surface area contributed by atoms with Crippen molar-refractivity contribution in [2.75, 3.05) is 0 Å². The van der Waals surface area contributed by atoms with Crippen molar-refractivity contribution in [2.24, 2.45) is 34.5 Å². The van der Waals surface area contributed by atoms with Gasteiger partial charge in [0.1, 0.15) is 0 Å². The lowest BCUT2D eigenvalue weighted by Gasteiger charge is -2.60. The summed E-state index contributed by atoms with van der Waals surface area (Å²) in [5.41, 5.74) is 0.933. The Labute approximate surface area is 123 Å². The molecule has 4 aliphatic rings. The molecule has 0 aromatic rings. The Kier molecular flexibility index (Phi) is 2.91. The van der Waals surface area contributed by atoms with Gasteiger partial charge < -0.3 is 5.11 Å². The predicted octanol–water partition coefficient (Wildman–Crippen LogP) is 4.56. The molecule has 0 amide bonds. The van der Waals surface area contributed by atoms with Crippen LogP contribution < -0.4 is 0 Å². The summed E-state index contributed by atoms with van der Waals surface area (Å²) < 4.78 is 0. The van der Waals surface area contributed by atoms with Crippen LogP contribution in [0.3, 0.4) is 0 Å². The number of aliphatic hydroxyl groups excluding tert-OH is 1. The molecule has 1 N–H and O–H groups in total. The molecular weight excluding hydrogens is 244 g/mol. The Balaban J connectivity index is 1.66. The molecule has 112 valence electrons. The first-order chi connectivity index (χ1) is 9.55. The number of aliphatic hydroxyl groups is 1. The molecule has 3 fully saturated rings. The molecule has 0 aliphatic heterocycles. The maximum atomic E-state index is 10.5. The van der Waals surface area contributed by atoms with Gasteiger partial charge in [0.05, 0.1) is 6.10 Å². The highest BCUT2D eigenvalue weighted by atomic mass is 16.3. The summed E-state index contributed by atoms with van der Waals surface area (Å²) in [5, 5.41) is 10.5. The second-order valence-electron chi connectivity index (χ2n) is 8.71. The number of fused-ring (bicyclic) bond motifs is 5. The van der Waals surface area contributed by atoms with Gasteiger partial charge in [-0.15, -0.1) is 0 Å². The second kappa shape index (κ2) is 4.35. The monoisotopic (exact) mass is 274 g/mol. The van der Waals surface area contributed by atoms with Crippen molar-refractivity contribution < 1.29 is 5.11 Å². The first-order valence-corrected chi connectivity index (χ1v) is 8.90. The average molecular weight is 274 g/mol. The van der Waals surface area contributed by atoms with Gasteiger partial charge >= 0.3 is 0 Å². The van der Waals surface area contributed by atoms with Crippen LogP contribution >= 0.6 is 0 Å². The molecule has 4 aliphatic carbocycles. The number of hydrogen-bond acceptors (Lipinski definition) is 1. The molecule has 0 bridgehead atoms. The van der Waals surface area contributed by atoms with Crippen molar-refractivity contribution in [3.63, 3.8) is 0 Å². The zero-order chi connectivity index (χ0) is 14.0. The average Bonchev–Trinajstić information content (AvgIpc) is 2.80. The molecule has 0 heterocycles. The number of rotatable bonds is 0. The van der Waals surface area contributed by atoms with Crippen molar-refractivity contribution in [3.05, 3.63) is 12.2 Å². The van der Waals surface area contributed by atoms with Gasteiger partial charge in [-0.05, 0) is 79.4 Å². The van der Waals surface area contributed by atoms with Crippen LogP contribution in [0.2, 0.25) is 0 Å². The molecule has 3 saturated carbocycles. The van der Waals surface area contributed by atoms with Gasteiger partial charge in [-0.2, -0.15) is 0 Å². The maximum absolute atomic E-state index is 10.5. The summed E-state index contributed by atoms with van der Waals surface area (Å²) in [7, 11) is 0. The molecular formula is C19H30O. The fraction of sp³-hybridized carbons (Fsp3) is 0.895. The van der Waals surface area contributed by atoms with Crippen LogP contribution in [0.15, 0.2) is 12.2 Å². The van der Waals surface area contributed by atoms with Gasteiger partial charge in [0.2, 0.25) is 0 Å². The molecule has 0 aromatic carbocycles. The Morgan fingerprint density at radius 3 is 2.65 bits per heavy atom. The largest absolute Gasteiger partial charge is 0.393 e. The van der Waals surface area contributed by atoms with E-state index in [2.05, 4.69) is 26.0 Å². The summed E-state index contributed by atoms with van der Waals surface area (Å²) in [6.45, 7) is 5.03. The van der Waals surface area contributed by atoms with E-state index in [4.69, 9.17) is 0 Å². The SMILES string of the molecule is C[C@@]12C=CC[C@H]1[C@@H]1CCC3C(O)CCC[C@]3(C)[C@H]1CC2. The molecule has 1 heteroatoms. The molecule has 0 radical (unpaired) electrons. The molecule has 20 heavy (non-hydrogen) atoms. The zero-order valence-corrected chi connectivity index (χ0v) is 13.1. The molecule has 0 spiro atoms. The Bertz CT molecular complexity index is 427. The van der Waals surface area contributed by atoms with E-state index in [-0.39, 0.29) is 6.10 Å². The third-order valence-electron chi connectivity index (χ3n) is 7.95. The lowest BCUT2D eigenvalue weighted by Crippen LogP contribution is -2.54. The first kappa shape index (κ1) is 13.4. The summed E-state index contributed by atoms with van der Waals surface area (Å²) >= 11 is 0. The van der Waals surface area contributed by atoms with E-state index < -0.39 is 0 Å². The minimum atomic E-state index is -0.00952. The van der Waals surface area contributed by atoms with Crippen molar-refractivity contribution in [1.82, 2.24) is 0 Å². The molecule has 4 rings (SSSR count). The molecule has 0 saturated heterocycles. The van der Waals surface area contributed by atoms with Crippen molar-refractivity contribution in [1.29, 1.82) is 0 Å². The van der Waals surface area contributed by atoms with Gasteiger partial charge in [-0.1, -0.05) is 32.4 Å². The van der Waals surface area contributed by atoms with E-state index in [0.717, 1.165) is 24.2 Å². The van der Waals surface area contributed by atoms with Gasteiger partial charge in [0.15, 0.2) is 0 Å². The van der Waals surface area contributed by atoms with Crippen LogP contribution in [-0.2, 0) is 0 Å². The fourth-order valence-electron chi connectivity index (χ4n) is 6.86. The van der Waals surface area contributed by atoms with Crippen LogP contribution in [0.5, 0.6) is 0 Å².